The molecule has 2 nitrogen and oxygen atoms in total. The minimum absolute atomic E-state index is 0.0391. The molecule has 0 spiro atoms. The van der Waals surface area contributed by atoms with Crippen LogP contribution in [0, 0.1) is 40.4 Å². The summed E-state index contributed by atoms with van der Waals surface area (Å²) in [5.41, 5.74) is -2.50. The molecule has 1 atom stereocenters. The molecule has 27 heavy (non-hydrogen) atoms. The highest BCUT2D eigenvalue weighted by atomic mass is 19.2. The van der Waals surface area contributed by atoms with Crippen molar-refractivity contribution < 1.29 is 31.5 Å². The van der Waals surface area contributed by atoms with Crippen LogP contribution in [0.15, 0.2) is 12.7 Å². The predicted molar refractivity (Wildman–Crippen MR) is 92.7 cm³/mol. The van der Waals surface area contributed by atoms with Crippen molar-refractivity contribution in [1.82, 2.24) is 0 Å². The van der Waals surface area contributed by atoms with Crippen molar-refractivity contribution in [3.63, 3.8) is 0 Å². The quantitative estimate of drug-likeness (QED) is 0.239. The summed E-state index contributed by atoms with van der Waals surface area (Å²) in [5.74, 6) is -10.6. The Labute approximate surface area is 156 Å². The summed E-state index contributed by atoms with van der Waals surface area (Å²) in [6.45, 7) is 12.8. The van der Waals surface area contributed by atoms with Gasteiger partial charge in [-0.25, -0.2) is 22.0 Å². The van der Waals surface area contributed by atoms with Crippen LogP contribution in [0.25, 0.3) is 0 Å². The van der Waals surface area contributed by atoms with Crippen molar-refractivity contribution >= 4 is 5.78 Å². The monoisotopic (exact) mass is 392 g/mol. The van der Waals surface area contributed by atoms with E-state index in [1.54, 1.807) is 6.08 Å². The zero-order chi connectivity index (χ0) is 21.2. The summed E-state index contributed by atoms with van der Waals surface area (Å²) in [7, 11) is 0. The van der Waals surface area contributed by atoms with Gasteiger partial charge in [0.25, 0.3) is 0 Å². The number of allylic oxidation sites excluding steroid dienone is 1. The van der Waals surface area contributed by atoms with Crippen LogP contribution in [-0.4, -0.2) is 18.0 Å². The lowest BCUT2D eigenvalue weighted by Gasteiger charge is -2.32. The molecule has 0 heterocycles. The molecular weight excluding hydrogens is 367 g/mol. The number of carbonyl (C=O) groups is 1. The number of benzene rings is 1. The largest absolute Gasteiger partial charge is 0.367 e. The summed E-state index contributed by atoms with van der Waals surface area (Å²) in [6, 6.07) is 0. The SMILES string of the molecule is C=CC(C)(C)[C@@H](C)COC(C)(C)C(=O)CCc1c(F)c(F)c(F)c(F)c1F. The van der Waals surface area contributed by atoms with E-state index in [0.717, 1.165) is 0 Å². The second-order valence-electron chi connectivity index (χ2n) is 7.72. The van der Waals surface area contributed by atoms with Gasteiger partial charge >= 0.3 is 0 Å². The van der Waals surface area contributed by atoms with Crippen molar-refractivity contribution in [2.24, 2.45) is 11.3 Å². The lowest BCUT2D eigenvalue weighted by molar-refractivity contribution is -0.142. The number of hydrogen-bond acceptors (Lipinski definition) is 2. The number of rotatable bonds is 9. The first-order chi connectivity index (χ1) is 12.3. The molecule has 1 rings (SSSR count). The Hall–Kier alpha value is -1.76. The van der Waals surface area contributed by atoms with Gasteiger partial charge in [0.15, 0.2) is 29.1 Å². The Morgan fingerprint density at radius 2 is 1.44 bits per heavy atom. The molecule has 0 aliphatic carbocycles. The maximum atomic E-state index is 13.7. The van der Waals surface area contributed by atoms with Crippen LogP contribution in [0.4, 0.5) is 22.0 Å². The van der Waals surface area contributed by atoms with Crippen molar-refractivity contribution in [2.45, 2.75) is 53.1 Å². The highest BCUT2D eigenvalue weighted by Gasteiger charge is 2.32. The molecule has 0 radical (unpaired) electrons. The molecule has 0 saturated carbocycles. The van der Waals surface area contributed by atoms with Gasteiger partial charge in [0.2, 0.25) is 5.82 Å². The Morgan fingerprint density at radius 3 is 1.89 bits per heavy atom. The third-order valence-corrected chi connectivity index (χ3v) is 5.06. The first-order valence-electron chi connectivity index (χ1n) is 8.57. The smallest absolute Gasteiger partial charge is 0.200 e. The van der Waals surface area contributed by atoms with Crippen LogP contribution in [0.1, 0.15) is 46.6 Å². The topological polar surface area (TPSA) is 26.3 Å². The van der Waals surface area contributed by atoms with Crippen LogP contribution in [0.3, 0.4) is 0 Å². The molecule has 0 fully saturated rings. The Balaban J connectivity index is 2.84. The zero-order valence-corrected chi connectivity index (χ0v) is 16.2. The van der Waals surface area contributed by atoms with E-state index in [4.69, 9.17) is 4.74 Å². The number of ketones is 1. The Bertz CT molecular complexity index is 697. The molecule has 152 valence electrons. The number of carbonyl (C=O) groups excluding carboxylic acids is 1. The van der Waals surface area contributed by atoms with Crippen LogP contribution >= 0.6 is 0 Å². The highest BCUT2D eigenvalue weighted by molar-refractivity contribution is 5.86. The summed E-state index contributed by atoms with van der Waals surface area (Å²) in [4.78, 5) is 12.4. The summed E-state index contributed by atoms with van der Waals surface area (Å²) >= 11 is 0. The molecule has 0 amide bonds. The molecule has 0 aliphatic heterocycles. The van der Waals surface area contributed by atoms with E-state index < -0.39 is 58.9 Å². The van der Waals surface area contributed by atoms with Crippen LogP contribution < -0.4 is 0 Å². The van der Waals surface area contributed by atoms with Gasteiger partial charge in [-0.1, -0.05) is 26.8 Å². The average Bonchev–Trinajstić information content (AvgIpc) is 2.62. The van der Waals surface area contributed by atoms with E-state index in [-0.39, 0.29) is 17.9 Å². The van der Waals surface area contributed by atoms with Gasteiger partial charge in [0, 0.05) is 12.0 Å². The lowest BCUT2D eigenvalue weighted by Crippen LogP contribution is -2.38. The van der Waals surface area contributed by atoms with E-state index >= 15 is 0 Å². The molecule has 1 aromatic carbocycles. The second-order valence-corrected chi connectivity index (χ2v) is 7.72. The van der Waals surface area contributed by atoms with E-state index in [9.17, 15) is 26.7 Å². The molecule has 0 aromatic heterocycles. The van der Waals surface area contributed by atoms with Crippen LogP contribution in [-0.2, 0) is 16.0 Å². The van der Waals surface area contributed by atoms with Gasteiger partial charge in [-0.2, -0.15) is 0 Å². The average molecular weight is 392 g/mol. The van der Waals surface area contributed by atoms with E-state index in [2.05, 4.69) is 6.58 Å². The van der Waals surface area contributed by atoms with Gasteiger partial charge in [-0.15, -0.1) is 6.58 Å². The van der Waals surface area contributed by atoms with E-state index in [0.29, 0.717) is 0 Å². The molecule has 0 bridgehead atoms. The standard InChI is InChI=1S/C20H25F5O2/c1-7-19(3,4)11(2)10-27-20(5,6)13(26)9-8-12-14(21)16(23)18(25)17(24)15(12)22/h7,11H,1,8-10H2,2-6H3/t11-/m0/s1. The van der Waals surface area contributed by atoms with Crippen molar-refractivity contribution in [3.8, 4) is 0 Å². The molecule has 0 aliphatic rings. The molecular formula is C20H25F5O2. The molecule has 0 unspecified atom stereocenters. The third-order valence-electron chi connectivity index (χ3n) is 5.06. The molecule has 0 saturated heterocycles. The van der Waals surface area contributed by atoms with E-state index in [1.165, 1.54) is 13.8 Å². The third kappa shape index (κ3) is 5.15. The first kappa shape index (κ1) is 23.3. The van der Waals surface area contributed by atoms with Gasteiger partial charge in [0.05, 0.1) is 6.61 Å². The number of ether oxygens (including phenoxy) is 1. The van der Waals surface area contributed by atoms with Gasteiger partial charge in [-0.3, -0.25) is 4.79 Å². The summed E-state index contributed by atoms with van der Waals surface area (Å²) in [5, 5.41) is 0. The van der Waals surface area contributed by atoms with Crippen LogP contribution in [0.5, 0.6) is 0 Å². The van der Waals surface area contributed by atoms with Crippen molar-refractivity contribution in [2.75, 3.05) is 6.61 Å². The fourth-order valence-corrected chi connectivity index (χ4v) is 2.24. The van der Waals surface area contributed by atoms with Crippen LogP contribution in [0.2, 0.25) is 0 Å². The fourth-order valence-electron chi connectivity index (χ4n) is 2.24. The number of halogens is 5. The van der Waals surface area contributed by atoms with E-state index in [1.807, 2.05) is 20.8 Å². The molecule has 1 aromatic rings. The van der Waals surface area contributed by atoms with Crippen molar-refractivity contribution in [3.05, 3.63) is 47.3 Å². The van der Waals surface area contributed by atoms with Gasteiger partial charge in [0.1, 0.15) is 5.60 Å². The lowest BCUT2D eigenvalue weighted by atomic mass is 9.80. The maximum absolute atomic E-state index is 13.7. The first-order valence-corrected chi connectivity index (χ1v) is 8.57. The zero-order valence-electron chi connectivity index (χ0n) is 16.2. The minimum atomic E-state index is -2.22. The maximum Gasteiger partial charge on any atom is 0.200 e. The summed E-state index contributed by atoms with van der Waals surface area (Å²) < 4.78 is 72.6. The second kappa shape index (κ2) is 8.50. The van der Waals surface area contributed by atoms with Gasteiger partial charge in [-0.05, 0) is 31.6 Å². The normalized spacial score (nSPS) is 13.6. The number of Topliss-reactive ketones (excluding diaryl/α,β-unsaturated/α-hetero) is 1. The summed E-state index contributed by atoms with van der Waals surface area (Å²) in [6.07, 6.45) is 0.731. The van der Waals surface area contributed by atoms with Gasteiger partial charge < -0.3 is 4.74 Å². The van der Waals surface area contributed by atoms with Crippen molar-refractivity contribution in [1.29, 1.82) is 0 Å². The highest BCUT2D eigenvalue weighted by Crippen LogP contribution is 2.30. The molecule has 0 N–H and O–H groups in total. The predicted octanol–water partition coefficient (Wildman–Crippen LogP) is 5.53. The number of hydrogen-bond donors (Lipinski definition) is 0. The Morgan fingerprint density at radius 1 is 1.00 bits per heavy atom. The fraction of sp³-hybridized carbons (Fsp3) is 0.550. The molecule has 7 heteroatoms. The minimum Gasteiger partial charge on any atom is -0.367 e. The Kier molecular flexibility index (Phi) is 7.33.